The first-order valence-corrected chi connectivity index (χ1v) is 1.94. The first-order valence-electron chi connectivity index (χ1n) is 0.771. The molecule has 0 atom stereocenters. The average molecular weight is 170 g/mol. The van der Waals surface area contributed by atoms with E-state index in [-0.39, 0.29) is 12.4 Å². The van der Waals surface area contributed by atoms with Gasteiger partial charge in [-0.2, -0.15) is 4.39 Å². The maximum Gasteiger partial charge on any atom is 0.314 e. The van der Waals surface area contributed by atoms with E-state index in [4.69, 9.17) is 0 Å². The molecule has 0 nitrogen and oxygen atoms in total. The second-order valence-corrected chi connectivity index (χ2v) is 2.69. The summed E-state index contributed by atoms with van der Waals surface area (Å²) in [7, 11) is 0. The number of hydrogen-bond donors (Lipinski definition) is 0. The molecule has 0 N–H and O–H groups in total. The normalized spacial score (nSPS) is 10.0. The van der Waals surface area contributed by atoms with Crippen molar-refractivity contribution < 1.29 is 4.39 Å². The number of alkyl halides is 3. The van der Waals surface area contributed by atoms with Gasteiger partial charge in [-0.15, -0.1) is 12.4 Å². The third-order valence-corrected chi connectivity index (χ3v) is 0. The standard InChI is InChI=1S/CCl2FS.ClH/c2-1(3,4)5;/h;1H. The Morgan fingerprint density at radius 3 is 1.50 bits per heavy atom. The van der Waals surface area contributed by atoms with Gasteiger partial charge in [0.2, 0.25) is 0 Å². The molecule has 0 spiro atoms. The lowest BCUT2D eigenvalue weighted by molar-refractivity contribution is 0.519. The molecule has 5 heteroatoms. The largest absolute Gasteiger partial charge is 0.314 e. The smallest absolute Gasteiger partial charge is 0.194 e. The molecule has 0 aromatic rings. The van der Waals surface area contributed by atoms with Crippen molar-refractivity contribution in [2.45, 2.75) is 3.92 Å². The molecule has 0 aliphatic rings. The number of halogens is 4. The van der Waals surface area contributed by atoms with Gasteiger partial charge in [-0.25, -0.2) is 0 Å². The molecule has 0 bridgehead atoms. The maximum atomic E-state index is 11.0. The quantitative estimate of drug-likeness (QED) is 0.490. The van der Waals surface area contributed by atoms with Gasteiger partial charge in [0, 0.05) is 0 Å². The van der Waals surface area contributed by atoms with E-state index < -0.39 is 3.92 Å². The minimum absolute atomic E-state index is 0. The van der Waals surface area contributed by atoms with Crippen LogP contribution in [0.25, 0.3) is 0 Å². The Kier molecular flexibility index (Phi) is 5.42. The van der Waals surface area contributed by atoms with Crippen LogP contribution in [0.2, 0.25) is 0 Å². The fourth-order valence-electron chi connectivity index (χ4n) is 0. The van der Waals surface area contributed by atoms with Crippen LogP contribution in [0.15, 0.2) is 0 Å². The van der Waals surface area contributed by atoms with Crippen LogP contribution in [-0.4, -0.2) is 3.92 Å². The van der Waals surface area contributed by atoms with Crippen LogP contribution in [0.4, 0.5) is 4.39 Å². The highest BCUT2D eigenvalue weighted by Gasteiger charge is 2.13. The van der Waals surface area contributed by atoms with E-state index in [1.165, 1.54) is 0 Å². The maximum absolute atomic E-state index is 11.0. The Balaban J connectivity index is 0. The summed E-state index contributed by atoms with van der Waals surface area (Å²) in [6, 6.07) is 0. The van der Waals surface area contributed by atoms with E-state index in [1.54, 1.807) is 0 Å². The van der Waals surface area contributed by atoms with Crippen LogP contribution in [0.3, 0.4) is 0 Å². The third-order valence-electron chi connectivity index (χ3n) is 0. The molecule has 0 rings (SSSR count). The Labute approximate surface area is 56.8 Å². The fourth-order valence-corrected chi connectivity index (χ4v) is 0. The van der Waals surface area contributed by atoms with E-state index in [0.29, 0.717) is 0 Å². The summed E-state index contributed by atoms with van der Waals surface area (Å²) in [5.41, 5.74) is 0. The molecule has 0 aliphatic carbocycles. The zero-order valence-corrected chi connectivity index (χ0v) is 5.60. The highest BCUT2D eigenvalue weighted by atomic mass is 35.5. The molecule has 0 aromatic heterocycles. The molecule has 0 heterocycles. The van der Waals surface area contributed by atoms with Gasteiger partial charge in [-0.3, -0.25) is 0 Å². The summed E-state index contributed by atoms with van der Waals surface area (Å²) in [6.07, 6.45) is 0. The highest BCUT2D eigenvalue weighted by molar-refractivity contribution is 7.84. The summed E-state index contributed by atoms with van der Waals surface area (Å²) in [4.78, 5) is 0. The zero-order chi connectivity index (χ0) is 4.50. The van der Waals surface area contributed by atoms with Gasteiger partial charge in [0.15, 0.2) is 0 Å². The topological polar surface area (TPSA) is 0 Å². The molecular weight excluding hydrogens is 169 g/mol. The van der Waals surface area contributed by atoms with Crippen LogP contribution in [0.1, 0.15) is 0 Å². The third kappa shape index (κ3) is 67.1. The second-order valence-electron chi connectivity index (χ2n) is 0.446. The van der Waals surface area contributed by atoms with Gasteiger partial charge in [0.1, 0.15) is 0 Å². The van der Waals surface area contributed by atoms with Gasteiger partial charge in [0.05, 0.1) is 0 Å². The predicted molar refractivity (Wildman–Crippen MR) is 30.4 cm³/mol. The van der Waals surface area contributed by atoms with Crippen molar-refractivity contribution >= 4 is 48.2 Å². The SMILES string of the molecule is Cl.FC([S])(Cl)Cl. The van der Waals surface area contributed by atoms with Crippen molar-refractivity contribution in [3.8, 4) is 0 Å². The van der Waals surface area contributed by atoms with Crippen molar-refractivity contribution in [3.63, 3.8) is 0 Å². The minimum atomic E-state index is -2.47. The molecule has 1 radical (unpaired) electrons. The molecule has 0 fully saturated rings. The van der Waals surface area contributed by atoms with Crippen molar-refractivity contribution in [1.82, 2.24) is 0 Å². The summed E-state index contributed by atoms with van der Waals surface area (Å²) in [5, 5.41) is 0. The Hall–Kier alpha value is 1.15. The Morgan fingerprint density at radius 1 is 1.50 bits per heavy atom. The average Bonchev–Trinajstić information content (AvgIpc) is 0.722. The van der Waals surface area contributed by atoms with Crippen LogP contribution >= 0.6 is 48.2 Å². The molecule has 0 aliphatic heterocycles. The molecular formula is CHCl3FS. The molecule has 6 heavy (non-hydrogen) atoms. The zero-order valence-electron chi connectivity index (χ0n) is 2.45. The first-order chi connectivity index (χ1) is 2.00. The Morgan fingerprint density at radius 2 is 1.50 bits per heavy atom. The lowest BCUT2D eigenvalue weighted by atomic mass is 11.7. The summed E-state index contributed by atoms with van der Waals surface area (Å²) in [6.45, 7) is 0. The van der Waals surface area contributed by atoms with Gasteiger partial charge >= 0.3 is 3.92 Å². The van der Waals surface area contributed by atoms with Crippen molar-refractivity contribution in [2.24, 2.45) is 0 Å². The first kappa shape index (κ1) is 10.2. The minimum Gasteiger partial charge on any atom is -0.194 e. The van der Waals surface area contributed by atoms with Crippen molar-refractivity contribution in [1.29, 1.82) is 0 Å². The van der Waals surface area contributed by atoms with Gasteiger partial charge in [0.25, 0.3) is 0 Å². The van der Waals surface area contributed by atoms with E-state index in [2.05, 4.69) is 35.8 Å². The fraction of sp³-hybridized carbons (Fsp3) is 1.00. The summed E-state index contributed by atoms with van der Waals surface area (Å²) in [5.74, 6) is 0. The van der Waals surface area contributed by atoms with Crippen LogP contribution in [0.5, 0.6) is 0 Å². The molecule has 0 amide bonds. The lowest BCUT2D eigenvalue weighted by Gasteiger charge is -1.89. The van der Waals surface area contributed by atoms with Crippen LogP contribution in [-0.2, 0) is 0 Å². The monoisotopic (exact) mass is 169 g/mol. The van der Waals surface area contributed by atoms with Gasteiger partial charge < -0.3 is 0 Å². The molecule has 0 saturated heterocycles. The lowest BCUT2D eigenvalue weighted by Crippen LogP contribution is -1.84. The van der Waals surface area contributed by atoms with E-state index in [9.17, 15) is 4.39 Å². The highest BCUT2D eigenvalue weighted by Crippen LogP contribution is 2.25. The van der Waals surface area contributed by atoms with Gasteiger partial charge in [-0.1, -0.05) is 23.2 Å². The van der Waals surface area contributed by atoms with Crippen LogP contribution in [0, 0.1) is 0 Å². The molecule has 0 unspecified atom stereocenters. The number of hydrogen-bond acceptors (Lipinski definition) is 0. The Bertz CT molecular complexity index is 26.3. The molecule has 0 aromatic carbocycles. The molecule has 39 valence electrons. The van der Waals surface area contributed by atoms with E-state index in [0.717, 1.165) is 0 Å². The van der Waals surface area contributed by atoms with Crippen LogP contribution < -0.4 is 0 Å². The van der Waals surface area contributed by atoms with Crippen molar-refractivity contribution in [3.05, 3.63) is 0 Å². The van der Waals surface area contributed by atoms with E-state index in [1.807, 2.05) is 0 Å². The summed E-state index contributed by atoms with van der Waals surface area (Å²) >= 11 is 12.6. The van der Waals surface area contributed by atoms with E-state index >= 15 is 0 Å². The predicted octanol–water partition coefficient (Wildman–Crippen LogP) is 2.66. The second kappa shape index (κ2) is 3.19. The molecule has 0 saturated carbocycles. The number of rotatable bonds is 0. The summed E-state index contributed by atoms with van der Waals surface area (Å²) < 4.78 is 8.56. The van der Waals surface area contributed by atoms with Gasteiger partial charge in [-0.05, 0) is 12.6 Å². The van der Waals surface area contributed by atoms with Crippen molar-refractivity contribution in [2.75, 3.05) is 0 Å².